The number of aromatic nitrogens is 2. The monoisotopic (exact) mass is 245 g/mol. The summed E-state index contributed by atoms with van der Waals surface area (Å²) in [6.07, 6.45) is 2.64. The van der Waals surface area contributed by atoms with Crippen molar-refractivity contribution in [2.24, 2.45) is 0 Å². The number of hydrogen-bond donors (Lipinski definition) is 2. The second kappa shape index (κ2) is 5.13. The van der Waals surface area contributed by atoms with Crippen LogP contribution in [0.4, 0.5) is 11.5 Å². The Bertz CT molecular complexity index is 572. The van der Waals surface area contributed by atoms with Gasteiger partial charge in [0.1, 0.15) is 11.6 Å². The third-order valence-corrected chi connectivity index (χ3v) is 2.20. The van der Waals surface area contributed by atoms with Crippen LogP contribution in [-0.4, -0.2) is 28.2 Å². The van der Waals surface area contributed by atoms with E-state index in [1.165, 1.54) is 12.4 Å². The number of carboxylic acid groups (broad SMARTS) is 1. The van der Waals surface area contributed by atoms with E-state index >= 15 is 0 Å². The zero-order valence-corrected chi connectivity index (χ0v) is 9.62. The number of carbonyl (C=O) groups is 1. The molecule has 0 aliphatic heterocycles. The first kappa shape index (κ1) is 11.8. The average molecular weight is 245 g/mol. The molecule has 0 spiro atoms. The minimum atomic E-state index is -1.11. The van der Waals surface area contributed by atoms with Crippen LogP contribution in [0.25, 0.3) is 0 Å². The largest absolute Gasteiger partial charge is 0.497 e. The van der Waals surface area contributed by atoms with Gasteiger partial charge < -0.3 is 15.2 Å². The second-order valence-corrected chi connectivity index (χ2v) is 3.45. The lowest BCUT2D eigenvalue weighted by Crippen LogP contribution is -2.04. The van der Waals surface area contributed by atoms with Crippen molar-refractivity contribution < 1.29 is 14.6 Å². The first-order valence-corrected chi connectivity index (χ1v) is 5.15. The molecule has 0 unspecified atom stereocenters. The summed E-state index contributed by atoms with van der Waals surface area (Å²) in [6.45, 7) is 0. The van der Waals surface area contributed by atoms with Crippen LogP contribution in [0.15, 0.2) is 36.7 Å². The molecule has 1 aromatic heterocycles. The molecular formula is C12H11N3O3. The highest BCUT2D eigenvalue weighted by Crippen LogP contribution is 2.19. The van der Waals surface area contributed by atoms with Crippen LogP contribution in [-0.2, 0) is 0 Å². The van der Waals surface area contributed by atoms with E-state index in [2.05, 4.69) is 15.3 Å². The lowest BCUT2D eigenvalue weighted by atomic mass is 10.3. The summed E-state index contributed by atoms with van der Waals surface area (Å²) < 4.78 is 5.08. The van der Waals surface area contributed by atoms with E-state index < -0.39 is 5.97 Å². The topological polar surface area (TPSA) is 84.3 Å². The molecular weight excluding hydrogens is 234 g/mol. The molecule has 1 aromatic carbocycles. The highest BCUT2D eigenvalue weighted by molar-refractivity contribution is 5.85. The Balaban J connectivity index is 2.22. The predicted molar refractivity (Wildman–Crippen MR) is 65.3 cm³/mol. The molecule has 0 bridgehead atoms. The first-order valence-electron chi connectivity index (χ1n) is 5.15. The van der Waals surface area contributed by atoms with Crippen molar-refractivity contribution in [3.63, 3.8) is 0 Å². The molecule has 0 atom stereocenters. The van der Waals surface area contributed by atoms with Crippen molar-refractivity contribution >= 4 is 17.5 Å². The summed E-state index contributed by atoms with van der Waals surface area (Å²) >= 11 is 0. The van der Waals surface area contributed by atoms with Crippen molar-refractivity contribution in [2.45, 2.75) is 0 Å². The summed E-state index contributed by atoms with van der Waals surface area (Å²) in [5.41, 5.74) is 0.633. The second-order valence-electron chi connectivity index (χ2n) is 3.45. The number of anilines is 2. The van der Waals surface area contributed by atoms with Gasteiger partial charge in [-0.1, -0.05) is 6.07 Å². The number of benzene rings is 1. The smallest absolute Gasteiger partial charge is 0.356 e. The summed E-state index contributed by atoms with van der Waals surface area (Å²) in [5, 5.41) is 11.8. The van der Waals surface area contributed by atoms with Gasteiger partial charge in [-0.05, 0) is 12.1 Å². The van der Waals surface area contributed by atoms with Crippen molar-refractivity contribution in [3.05, 3.63) is 42.4 Å². The Morgan fingerprint density at radius 2 is 2.22 bits per heavy atom. The minimum absolute atomic E-state index is 0.108. The number of aromatic carboxylic acids is 1. The van der Waals surface area contributed by atoms with Crippen LogP contribution in [0.5, 0.6) is 5.75 Å². The van der Waals surface area contributed by atoms with E-state index in [4.69, 9.17) is 9.84 Å². The fourth-order valence-electron chi connectivity index (χ4n) is 1.38. The average Bonchev–Trinajstić information content (AvgIpc) is 2.39. The molecule has 1 heterocycles. The van der Waals surface area contributed by atoms with E-state index in [9.17, 15) is 4.79 Å². The number of ether oxygens (including phenoxy) is 1. The zero-order chi connectivity index (χ0) is 13.0. The normalized spacial score (nSPS) is 9.83. The molecule has 2 aromatic rings. The lowest BCUT2D eigenvalue weighted by Gasteiger charge is -2.07. The van der Waals surface area contributed by atoms with Gasteiger partial charge in [-0.3, -0.25) is 4.98 Å². The molecule has 2 rings (SSSR count). The SMILES string of the molecule is COc1cccc(Nc2cncc(C(=O)O)n2)c1. The van der Waals surface area contributed by atoms with E-state index in [-0.39, 0.29) is 5.69 Å². The Kier molecular flexibility index (Phi) is 3.38. The molecule has 0 aliphatic carbocycles. The van der Waals surface area contributed by atoms with Crippen LogP contribution in [0.3, 0.4) is 0 Å². The highest BCUT2D eigenvalue weighted by atomic mass is 16.5. The number of nitrogens with zero attached hydrogens (tertiary/aromatic N) is 2. The van der Waals surface area contributed by atoms with Gasteiger partial charge in [-0.25, -0.2) is 9.78 Å². The first-order chi connectivity index (χ1) is 8.69. The molecule has 92 valence electrons. The van der Waals surface area contributed by atoms with Gasteiger partial charge >= 0.3 is 5.97 Å². The number of hydrogen-bond acceptors (Lipinski definition) is 5. The standard InChI is InChI=1S/C12H11N3O3/c1-18-9-4-2-3-8(5-9)14-11-7-13-6-10(15-11)12(16)17/h2-7H,1H3,(H,14,15)(H,16,17). The Morgan fingerprint density at radius 3 is 2.94 bits per heavy atom. The molecule has 0 aliphatic rings. The van der Waals surface area contributed by atoms with Gasteiger partial charge in [0, 0.05) is 11.8 Å². The maximum atomic E-state index is 10.8. The predicted octanol–water partition coefficient (Wildman–Crippen LogP) is 1.93. The van der Waals surface area contributed by atoms with Crippen LogP contribution >= 0.6 is 0 Å². The number of nitrogens with one attached hydrogen (secondary N) is 1. The van der Waals surface area contributed by atoms with Gasteiger partial charge in [0.15, 0.2) is 5.69 Å². The van der Waals surface area contributed by atoms with Gasteiger partial charge in [-0.15, -0.1) is 0 Å². The number of methoxy groups -OCH3 is 1. The van der Waals surface area contributed by atoms with Gasteiger partial charge in [0.2, 0.25) is 0 Å². The van der Waals surface area contributed by atoms with E-state index in [1.807, 2.05) is 18.2 Å². The molecule has 0 saturated heterocycles. The number of carboxylic acids is 1. The van der Waals surface area contributed by atoms with Crippen LogP contribution in [0.2, 0.25) is 0 Å². The van der Waals surface area contributed by atoms with E-state index in [0.29, 0.717) is 11.6 Å². The van der Waals surface area contributed by atoms with Crippen LogP contribution in [0.1, 0.15) is 10.5 Å². The minimum Gasteiger partial charge on any atom is -0.497 e. The molecule has 0 amide bonds. The molecule has 18 heavy (non-hydrogen) atoms. The lowest BCUT2D eigenvalue weighted by molar-refractivity contribution is 0.0690. The van der Waals surface area contributed by atoms with Crippen molar-refractivity contribution in [1.29, 1.82) is 0 Å². The summed E-state index contributed by atoms with van der Waals surface area (Å²) in [7, 11) is 1.57. The summed E-state index contributed by atoms with van der Waals surface area (Å²) in [6, 6.07) is 7.22. The quantitative estimate of drug-likeness (QED) is 0.856. The fourth-order valence-corrected chi connectivity index (χ4v) is 1.38. The third-order valence-electron chi connectivity index (χ3n) is 2.20. The Morgan fingerprint density at radius 1 is 1.39 bits per heavy atom. The molecule has 0 fully saturated rings. The van der Waals surface area contributed by atoms with E-state index in [0.717, 1.165) is 5.69 Å². The van der Waals surface area contributed by atoms with Crippen molar-refractivity contribution in [2.75, 3.05) is 12.4 Å². The van der Waals surface area contributed by atoms with Crippen LogP contribution in [0, 0.1) is 0 Å². The van der Waals surface area contributed by atoms with Gasteiger partial charge in [-0.2, -0.15) is 0 Å². The fraction of sp³-hybridized carbons (Fsp3) is 0.0833. The summed E-state index contributed by atoms with van der Waals surface area (Å²) in [5.74, 6) is -0.0534. The molecule has 6 heteroatoms. The highest BCUT2D eigenvalue weighted by Gasteiger charge is 2.06. The molecule has 0 radical (unpaired) electrons. The Hall–Kier alpha value is -2.63. The Labute approximate surface area is 103 Å². The third kappa shape index (κ3) is 2.73. The van der Waals surface area contributed by atoms with Gasteiger partial charge in [0.25, 0.3) is 0 Å². The van der Waals surface area contributed by atoms with Crippen molar-refractivity contribution in [1.82, 2.24) is 9.97 Å². The zero-order valence-electron chi connectivity index (χ0n) is 9.62. The van der Waals surface area contributed by atoms with Crippen molar-refractivity contribution in [3.8, 4) is 5.75 Å². The maximum absolute atomic E-state index is 10.8. The molecule has 2 N–H and O–H groups in total. The van der Waals surface area contributed by atoms with E-state index in [1.54, 1.807) is 13.2 Å². The summed E-state index contributed by atoms with van der Waals surface area (Å²) in [4.78, 5) is 18.5. The maximum Gasteiger partial charge on any atom is 0.356 e. The molecule has 0 saturated carbocycles. The number of rotatable bonds is 4. The molecule has 6 nitrogen and oxygen atoms in total. The van der Waals surface area contributed by atoms with Gasteiger partial charge in [0.05, 0.1) is 19.5 Å². The van der Waals surface area contributed by atoms with Crippen LogP contribution < -0.4 is 10.1 Å².